The van der Waals surface area contributed by atoms with Gasteiger partial charge in [0.1, 0.15) is 11.1 Å². The predicted octanol–water partition coefficient (Wildman–Crippen LogP) is 2.97. The lowest BCUT2D eigenvalue weighted by Gasteiger charge is -2.15. The molecule has 2 heterocycles. The molecule has 0 N–H and O–H groups in total. The first kappa shape index (κ1) is 22.8. The quantitative estimate of drug-likeness (QED) is 0.534. The van der Waals surface area contributed by atoms with Crippen LogP contribution in [0, 0.1) is 0 Å². The van der Waals surface area contributed by atoms with Gasteiger partial charge in [-0.1, -0.05) is 0 Å². The molecule has 0 atom stereocenters. The van der Waals surface area contributed by atoms with E-state index in [1.165, 1.54) is 42.7 Å². The summed E-state index contributed by atoms with van der Waals surface area (Å²) in [5.41, 5.74) is 0.720. The summed E-state index contributed by atoms with van der Waals surface area (Å²) in [6.45, 7) is 0. The average molecular weight is 470 g/mol. The van der Waals surface area contributed by atoms with Gasteiger partial charge in [0.05, 0.1) is 42.7 Å². The highest BCUT2D eigenvalue weighted by Crippen LogP contribution is 2.48. The second-order valence-electron chi connectivity index (χ2n) is 7.02. The Balaban J connectivity index is 1.92. The molecule has 0 unspecified atom stereocenters. The molecule has 178 valence electrons. The summed E-state index contributed by atoms with van der Waals surface area (Å²) in [5, 5.41) is 0. The molecule has 0 bridgehead atoms. The maximum absolute atomic E-state index is 12.9. The third kappa shape index (κ3) is 3.43. The summed E-state index contributed by atoms with van der Waals surface area (Å²) in [6, 6.07) is 6.30. The smallest absolute Gasteiger partial charge is 0.348 e. The molecule has 2 aromatic carbocycles. The molecule has 34 heavy (non-hydrogen) atoms. The van der Waals surface area contributed by atoms with E-state index in [0.717, 1.165) is 0 Å². The first-order valence-electron chi connectivity index (χ1n) is 9.96. The summed E-state index contributed by atoms with van der Waals surface area (Å²) in [7, 11) is 8.76. The molecule has 0 spiro atoms. The fourth-order valence-corrected chi connectivity index (χ4v) is 3.84. The molecule has 10 heteroatoms. The second-order valence-corrected chi connectivity index (χ2v) is 7.02. The normalized spacial score (nSPS) is 14.5. The van der Waals surface area contributed by atoms with Crippen LogP contribution in [0.2, 0.25) is 0 Å². The van der Waals surface area contributed by atoms with E-state index in [-0.39, 0.29) is 22.7 Å². The molecule has 0 saturated heterocycles. The lowest BCUT2D eigenvalue weighted by atomic mass is 10.0. The highest BCUT2D eigenvalue weighted by molar-refractivity contribution is 6.24. The molecule has 2 aliphatic rings. The summed E-state index contributed by atoms with van der Waals surface area (Å²) < 4.78 is 43.2. The second kappa shape index (κ2) is 8.89. The molecule has 0 aliphatic carbocycles. The average Bonchev–Trinajstić information content (AvgIpc) is 3.39. The van der Waals surface area contributed by atoms with Crippen LogP contribution in [-0.4, -0.2) is 54.6 Å². The maximum Gasteiger partial charge on any atom is 0.348 e. The van der Waals surface area contributed by atoms with Gasteiger partial charge in [0.15, 0.2) is 34.5 Å². The van der Waals surface area contributed by atoms with Crippen LogP contribution in [0.5, 0.6) is 34.5 Å². The van der Waals surface area contributed by atoms with Crippen molar-refractivity contribution in [1.82, 2.24) is 0 Å². The summed E-state index contributed by atoms with van der Waals surface area (Å²) >= 11 is 0. The number of esters is 2. The van der Waals surface area contributed by atoms with Crippen molar-refractivity contribution in [2.24, 2.45) is 0 Å². The molecule has 0 amide bonds. The summed E-state index contributed by atoms with van der Waals surface area (Å²) in [5.74, 6) is 0.576. The number of methoxy groups -OCH3 is 6. The van der Waals surface area contributed by atoms with Crippen molar-refractivity contribution in [2.45, 2.75) is 0 Å². The minimum Gasteiger partial charge on any atom is -0.493 e. The van der Waals surface area contributed by atoms with Gasteiger partial charge in [-0.05, 0) is 24.3 Å². The molecule has 4 rings (SSSR count). The Bertz CT molecular complexity index is 1110. The molecule has 0 saturated carbocycles. The number of benzene rings is 2. The zero-order valence-electron chi connectivity index (χ0n) is 19.4. The Morgan fingerprint density at radius 2 is 0.794 bits per heavy atom. The van der Waals surface area contributed by atoms with E-state index in [9.17, 15) is 9.59 Å². The molecular formula is C24H22O10. The van der Waals surface area contributed by atoms with Crippen LogP contribution in [0.15, 0.2) is 35.4 Å². The lowest BCUT2D eigenvalue weighted by Crippen LogP contribution is -2.03. The van der Waals surface area contributed by atoms with Crippen molar-refractivity contribution < 1.29 is 47.5 Å². The number of hydrogen-bond donors (Lipinski definition) is 0. The van der Waals surface area contributed by atoms with Crippen LogP contribution in [0.1, 0.15) is 11.1 Å². The van der Waals surface area contributed by atoms with E-state index in [0.29, 0.717) is 45.6 Å². The van der Waals surface area contributed by atoms with Gasteiger partial charge in [-0.3, -0.25) is 0 Å². The van der Waals surface area contributed by atoms with Crippen LogP contribution >= 0.6 is 0 Å². The topological polar surface area (TPSA) is 108 Å². The van der Waals surface area contributed by atoms with Crippen molar-refractivity contribution >= 4 is 23.5 Å². The highest BCUT2D eigenvalue weighted by atomic mass is 16.6. The monoisotopic (exact) mass is 470 g/mol. The van der Waals surface area contributed by atoms with E-state index >= 15 is 0 Å². The van der Waals surface area contributed by atoms with Crippen molar-refractivity contribution in [3.63, 3.8) is 0 Å². The van der Waals surface area contributed by atoms with Gasteiger partial charge in [-0.2, -0.15) is 0 Å². The zero-order chi connectivity index (χ0) is 24.6. The Hall–Kier alpha value is -4.34. The number of carbonyl (C=O) groups is 2. The van der Waals surface area contributed by atoms with E-state index < -0.39 is 11.9 Å². The van der Waals surface area contributed by atoms with Crippen molar-refractivity contribution in [2.75, 3.05) is 42.7 Å². The van der Waals surface area contributed by atoms with Crippen molar-refractivity contribution in [3.8, 4) is 34.5 Å². The Morgan fingerprint density at radius 1 is 0.500 bits per heavy atom. The number of carbonyl (C=O) groups excluding carboxylic acids is 2. The Labute approximate surface area is 195 Å². The van der Waals surface area contributed by atoms with Crippen LogP contribution in [0.25, 0.3) is 11.5 Å². The van der Waals surface area contributed by atoms with Gasteiger partial charge in [0, 0.05) is 11.1 Å². The van der Waals surface area contributed by atoms with E-state index in [4.69, 9.17) is 37.9 Å². The van der Waals surface area contributed by atoms with Crippen LogP contribution in [0.3, 0.4) is 0 Å². The van der Waals surface area contributed by atoms with E-state index in [1.807, 2.05) is 0 Å². The van der Waals surface area contributed by atoms with Gasteiger partial charge in [0.25, 0.3) is 0 Å². The number of hydrogen-bond acceptors (Lipinski definition) is 10. The number of ether oxygens (including phenoxy) is 8. The van der Waals surface area contributed by atoms with Crippen molar-refractivity contribution in [1.29, 1.82) is 0 Å². The number of cyclic esters (lactones) is 2. The molecule has 0 aromatic heterocycles. The number of rotatable bonds is 8. The largest absolute Gasteiger partial charge is 0.493 e. The van der Waals surface area contributed by atoms with Gasteiger partial charge in [-0.15, -0.1) is 0 Å². The lowest BCUT2D eigenvalue weighted by molar-refractivity contribution is -0.131. The third-order valence-corrected chi connectivity index (χ3v) is 5.36. The molecular weight excluding hydrogens is 448 g/mol. The van der Waals surface area contributed by atoms with Crippen LogP contribution < -0.4 is 28.4 Å². The zero-order valence-corrected chi connectivity index (χ0v) is 19.4. The fourth-order valence-electron chi connectivity index (χ4n) is 3.84. The van der Waals surface area contributed by atoms with Gasteiger partial charge in [-0.25, -0.2) is 9.59 Å². The van der Waals surface area contributed by atoms with Crippen molar-refractivity contribution in [3.05, 3.63) is 46.5 Å². The van der Waals surface area contributed by atoms with Gasteiger partial charge >= 0.3 is 11.9 Å². The minimum absolute atomic E-state index is 0.0111. The van der Waals surface area contributed by atoms with E-state index in [1.54, 1.807) is 24.3 Å². The molecule has 2 aromatic rings. The summed E-state index contributed by atoms with van der Waals surface area (Å²) in [6.07, 6.45) is 0. The van der Waals surface area contributed by atoms with Gasteiger partial charge in [0.2, 0.25) is 11.5 Å². The molecule has 2 aliphatic heterocycles. The third-order valence-electron chi connectivity index (χ3n) is 5.36. The molecule has 0 fully saturated rings. The Morgan fingerprint density at radius 3 is 1.03 bits per heavy atom. The minimum atomic E-state index is -0.742. The first-order chi connectivity index (χ1) is 16.4. The summed E-state index contributed by atoms with van der Waals surface area (Å²) in [4.78, 5) is 25.8. The predicted molar refractivity (Wildman–Crippen MR) is 118 cm³/mol. The van der Waals surface area contributed by atoms with Crippen LogP contribution in [0.4, 0.5) is 0 Å². The Kier molecular flexibility index (Phi) is 5.97. The standard InChI is InChI=1S/C24H22O10/c1-27-13-7-11(8-14(28-2)21(13)31-5)19-17-18(24(26)33-19)20(34-23(17)25)12-9-15(29-3)22(32-6)16(10-12)30-4/h7-10H,1-6H3. The van der Waals surface area contributed by atoms with E-state index in [2.05, 4.69) is 0 Å². The SMILES string of the molecule is COc1cc(C2=C3C(=O)OC(c4cc(OC)c(OC)c(OC)c4)=C3C(=O)O2)cc(OC)c1OC. The van der Waals surface area contributed by atoms with Crippen LogP contribution in [-0.2, 0) is 19.1 Å². The number of fused-ring (bicyclic) bond motifs is 1. The first-order valence-corrected chi connectivity index (χ1v) is 9.96. The molecule has 10 nitrogen and oxygen atoms in total. The maximum atomic E-state index is 12.9. The molecule has 0 radical (unpaired) electrons. The highest BCUT2D eigenvalue weighted by Gasteiger charge is 2.46. The van der Waals surface area contributed by atoms with Gasteiger partial charge < -0.3 is 37.9 Å². The fraction of sp³-hybridized carbons (Fsp3) is 0.250.